The molecule has 1 saturated heterocycles. The number of hydrogen-bond donors (Lipinski definition) is 0. The molecule has 1 amide bonds. The Bertz CT molecular complexity index is 901. The third kappa shape index (κ3) is 4.03. The van der Waals surface area contributed by atoms with E-state index in [-0.39, 0.29) is 23.2 Å². The van der Waals surface area contributed by atoms with Gasteiger partial charge in [-0.25, -0.2) is 8.42 Å². The fourth-order valence-corrected chi connectivity index (χ4v) is 5.51. The highest BCUT2D eigenvalue weighted by Crippen LogP contribution is 2.28. The first kappa shape index (κ1) is 19.9. The van der Waals surface area contributed by atoms with Crippen LogP contribution < -0.4 is 0 Å². The van der Waals surface area contributed by atoms with Gasteiger partial charge in [0, 0.05) is 19.0 Å². The summed E-state index contributed by atoms with van der Waals surface area (Å²) in [5.41, 5.74) is 1.97. The molecule has 144 valence electrons. The third-order valence-corrected chi connectivity index (χ3v) is 7.23. The summed E-state index contributed by atoms with van der Waals surface area (Å²) in [5, 5.41) is 0. The number of piperazine rings is 1. The molecule has 0 aliphatic carbocycles. The van der Waals surface area contributed by atoms with Crippen LogP contribution in [0.3, 0.4) is 0 Å². The Labute approximate surface area is 165 Å². The Morgan fingerprint density at radius 2 is 1.70 bits per heavy atom. The lowest BCUT2D eigenvalue weighted by Gasteiger charge is -2.43. The molecule has 1 aliphatic heterocycles. The van der Waals surface area contributed by atoms with Crippen LogP contribution in [0.5, 0.6) is 0 Å². The van der Waals surface area contributed by atoms with E-state index >= 15 is 0 Å². The van der Waals surface area contributed by atoms with E-state index in [0.717, 1.165) is 11.1 Å². The normalized spacial score (nSPS) is 21.4. The Morgan fingerprint density at radius 1 is 1.07 bits per heavy atom. The molecule has 1 heterocycles. The zero-order valence-corrected chi connectivity index (χ0v) is 16.9. The average molecular weight is 407 g/mol. The number of aryl methyl sites for hydroxylation is 1. The first-order chi connectivity index (χ1) is 12.8. The zero-order valence-electron chi connectivity index (χ0n) is 15.4. The van der Waals surface area contributed by atoms with Gasteiger partial charge in [-0.15, -0.1) is 11.6 Å². The van der Waals surface area contributed by atoms with Crippen molar-refractivity contribution in [3.8, 4) is 0 Å². The topological polar surface area (TPSA) is 57.7 Å². The van der Waals surface area contributed by atoms with E-state index in [9.17, 15) is 13.2 Å². The van der Waals surface area contributed by atoms with E-state index in [1.54, 1.807) is 36.1 Å². The van der Waals surface area contributed by atoms with Crippen molar-refractivity contribution in [1.82, 2.24) is 9.21 Å². The minimum atomic E-state index is -3.82. The number of nitrogens with zero attached hydrogens (tertiary/aromatic N) is 2. The maximum Gasteiger partial charge on any atom is 0.244 e. The van der Waals surface area contributed by atoms with E-state index < -0.39 is 22.1 Å². The molecule has 27 heavy (non-hydrogen) atoms. The standard InChI is InChI=1S/C20H23ClN2O3S/c1-15-8-10-19(11-9-15)27(25,26)23-16(2)20(24)22(14-18(23)12-21)13-17-6-4-3-5-7-17/h3-11,16,18H,12-14H2,1-2H3/t16-,18?/m0/s1. The van der Waals surface area contributed by atoms with Gasteiger partial charge in [-0.3, -0.25) is 4.79 Å². The van der Waals surface area contributed by atoms with Crippen LogP contribution in [0.25, 0.3) is 0 Å². The molecule has 1 unspecified atom stereocenters. The number of hydrogen-bond acceptors (Lipinski definition) is 3. The van der Waals surface area contributed by atoms with Gasteiger partial charge in [0.25, 0.3) is 0 Å². The van der Waals surface area contributed by atoms with Crippen LogP contribution in [0, 0.1) is 6.92 Å². The van der Waals surface area contributed by atoms with E-state index in [2.05, 4.69) is 0 Å². The molecule has 0 spiro atoms. The molecule has 1 fully saturated rings. The van der Waals surface area contributed by atoms with Crippen LogP contribution in [-0.2, 0) is 21.4 Å². The second kappa shape index (κ2) is 8.00. The first-order valence-electron chi connectivity index (χ1n) is 8.83. The predicted octanol–water partition coefficient (Wildman–Crippen LogP) is 3.02. The quantitative estimate of drug-likeness (QED) is 0.717. The average Bonchev–Trinajstić information content (AvgIpc) is 2.66. The van der Waals surface area contributed by atoms with Crippen molar-refractivity contribution in [2.75, 3.05) is 12.4 Å². The van der Waals surface area contributed by atoms with E-state index in [0.29, 0.717) is 6.54 Å². The number of benzene rings is 2. The number of carbonyl (C=O) groups excluding carboxylic acids is 1. The van der Waals surface area contributed by atoms with Crippen molar-refractivity contribution >= 4 is 27.5 Å². The molecule has 2 aromatic rings. The SMILES string of the molecule is Cc1ccc(S(=O)(=O)N2C(CCl)CN(Cc3ccccc3)C(=O)[C@@H]2C)cc1. The summed E-state index contributed by atoms with van der Waals surface area (Å²) in [7, 11) is -3.82. The van der Waals surface area contributed by atoms with Crippen molar-refractivity contribution in [3.63, 3.8) is 0 Å². The van der Waals surface area contributed by atoms with Gasteiger partial charge in [-0.05, 0) is 31.5 Å². The van der Waals surface area contributed by atoms with Crippen LogP contribution in [0.2, 0.25) is 0 Å². The van der Waals surface area contributed by atoms with E-state index in [4.69, 9.17) is 11.6 Å². The maximum absolute atomic E-state index is 13.2. The highest BCUT2D eigenvalue weighted by atomic mass is 35.5. The van der Waals surface area contributed by atoms with Gasteiger partial charge in [0.05, 0.1) is 10.9 Å². The molecule has 7 heteroatoms. The number of alkyl halides is 1. The number of rotatable bonds is 5. The summed E-state index contributed by atoms with van der Waals surface area (Å²) >= 11 is 6.13. The fourth-order valence-electron chi connectivity index (χ4n) is 3.41. The lowest BCUT2D eigenvalue weighted by molar-refractivity contribution is -0.140. The van der Waals surface area contributed by atoms with Gasteiger partial charge in [0.15, 0.2) is 0 Å². The molecule has 3 rings (SSSR count). The Morgan fingerprint density at radius 3 is 2.30 bits per heavy atom. The number of sulfonamides is 1. The Kier molecular flexibility index (Phi) is 5.89. The van der Waals surface area contributed by atoms with Crippen molar-refractivity contribution in [2.45, 2.75) is 37.4 Å². The molecule has 0 aromatic heterocycles. The molecular weight excluding hydrogens is 384 g/mol. The van der Waals surface area contributed by atoms with Crippen molar-refractivity contribution in [3.05, 3.63) is 65.7 Å². The molecule has 1 aliphatic rings. The predicted molar refractivity (Wildman–Crippen MR) is 106 cm³/mol. The molecule has 5 nitrogen and oxygen atoms in total. The second-order valence-electron chi connectivity index (χ2n) is 6.84. The van der Waals surface area contributed by atoms with Crippen LogP contribution in [-0.4, -0.2) is 48.0 Å². The van der Waals surface area contributed by atoms with E-state index in [1.165, 1.54) is 4.31 Å². The Balaban J connectivity index is 1.89. The highest BCUT2D eigenvalue weighted by molar-refractivity contribution is 7.89. The lowest BCUT2D eigenvalue weighted by atomic mass is 10.1. The largest absolute Gasteiger partial charge is 0.335 e. The number of carbonyl (C=O) groups is 1. The van der Waals surface area contributed by atoms with Crippen LogP contribution in [0.15, 0.2) is 59.5 Å². The van der Waals surface area contributed by atoms with Gasteiger partial charge in [-0.1, -0.05) is 48.0 Å². The summed E-state index contributed by atoms with van der Waals surface area (Å²) in [4.78, 5) is 14.8. The summed E-state index contributed by atoms with van der Waals surface area (Å²) in [6, 6.07) is 15.0. The van der Waals surface area contributed by atoms with Crippen LogP contribution in [0.4, 0.5) is 0 Å². The monoisotopic (exact) mass is 406 g/mol. The van der Waals surface area contributed by atoms with Crippen LogP contribution >= 0.6 is 11.6 Å². The second-order valence-corrected chi connectivity index (χ2v) is 8.99. The minimum Gasteiger partial charge on any atom is -0.335 e. The maximum atomic E-state index is 13.2. The van der Waals surface area contributed by atoms with Gasteiger partial charge in [0.2, 0.25) is 15.9 Å². The third-order valence-electron chi connectivity index (χ3n) is 4.83. The number of halogens is 1. The summed E-state index contributed by atoms with van der Waals surface area (Å²) in [5.74, 6) is -0.0931. The van der Waals surface area contributed by atoms with Gasteiger partial charge >= 0.3 is 0 Å². The first-order valence-corrected chi connectivity index (χ1v) is 10.8. The number of amides is 1. The van der Waals surface area contributed by atoms with Crippen LogP contribution in [0.1, 0.15) is 18.1 Å². The molecule has 0 bridgehead atoms. The molecular formula is C20H23ClN2O3S. The van der Waals surface area contributed by atoms with Gasteiger partial charge in [-0.2, -0.15) is 4.31 Å². The lowest BCUT2D eigenvalue weighted by Crippen LogP contribution is -2.62. The summed E-state index contributed by atoms with van der Waals surface area (Å²) in [6.45, 7) is 4.24. The molecule has 0 N–H and O–H groups in total. The zero-order chi connectivity index (χ0) is 19.6. The van der Waals surface area contributed by atoms with Crippen molar-refractivity contribution in [1.29, 1.82) is 0 Å². The van der Waals surface area contributed by atoms with Crippen molar-refractivity contribution in [2.24, 2.45) is 0 Å². The summed E-state index contributed by atoms with van der Waals surface area (Å²) < 4.78 is 27.6. The van der Waals surface area contributed by atoms with Gasteiger partial charge in [0.1, 0.15) is 6.04 Å². The summed E-state index contributed by atoms with van der Waals surface area (Å²) in [6.07, 6.45) is 0. The van der Waals surface area contributed by atoms with E-state index in [1.807, 2.05) is 37.3 Å². The molecule has 0 radical (unpaired) electrons. The molecule has 2 atom stereocenters. The molecule has 0 saturated carbocycles. The molecule has 2 aromatic carbocycles. The highest BCUT2D eigenvalue weighted by Gasteiger charge is 2.44. The Hall–Kier alpha value is -1.89. The minimum absolute atomic E-state index is 0.119. The van der Waals surface area contributed by atoms with Gasteiger partial charge < -0.3 is 4.90 Å². The fraction of sp³-hybridized carbons (Fsp3) is 0.350. The smallest absolute Gasteiger partial charge is 0.244 e. The van der Waals surface area contributed by atoms with Crippen molar-refractivity contribution < 1.29 is 13.2 Å².